The standard InChI is InChI=1S/C16H15F4N3O/c1-9-4-3-5-12(16(18,19)20)14(9)23-15(24)22-8-11-7-21-13(17)6-10(11)2/h3-7H,8H2,1-2H3,(H2,22,23,24). The lowest BCUT2D eigenvalue weighted by molar-refractivity contribution is -0.136. The summed E-state index contributed by atoms with van der Waals surface area (Å²) in [4.78, 5) is 15.4. The Morgan fingerprint density at radius 1 is 1.21 bits per heavy atom. The van der Waals surface area contributed by atoms with E-state index in [-0.39, 0.29) is 12.2 Å². The quantitative estimate of drug-likeness (QED) is 0.650. The molecule has 0 aliphatic carbocycles. The highest BCUT2D eigenvalue weighted by molar-refractivity contribution is 5.91. The van der Waals surface area contributed by atoms with Gasteiger partial charge in [-0.05, 0) is 42.7 Å². The van der Waals surface area contributed by atoms with E-state index in [0.29, 0.717) is 16.7 Å². The molecule has 1 aromatic carbocycles. The number of carbonyl (C=O) groups is 1. The number of benzene rings is 1. The highest BCUT2D eigenvalue weighted by atomic mass is 19.4. The summed E-state index contributed by atoms with van der Waals surface area (Å²) in [5.41, 5.74) is 0.218. The molecule has 2 amide bonds. The lowest BCUT2D eigenvalue weighted by atomic mass is 10.1. The third-order valence-corrected chi connectivity index (χ3v) is 3.44. The van der Waals surface area contributed by atoms with Gasteiger partial charge < -0.3 is 10.6 Å². The molecule has 24 heavy (non-hydrogen) atoms. The molecular weight excluding hydrogens is 326 g/mol. The summed E-state index contributed by atoms with van der Waals surface area (Å²) in [6.07, 6.45) is -3.31. The molecule has 2 N–H and O–H groups in total. The van der Waals surface area contributed by atoms with Crippen LogP contribution in [0.4, 0.5) is 28.0 Å². The summed E-state index contributed by atoms with van der Waals surface area (Å²) in [6, 6.07) is 4.06. The number of rotatable bonds is 3. The van der Waals surface area contributed by atoms with Crippen LogP contribution in [-0.2, 0) is 12.7 Å². The monoisotopic (exact) mass is 341 g/mol. The minimum atomic E-state index is -4.58. The Labute approximate surface area is 135 Å². The first-order chi connectivity index (χ1) is 11.2. The first-order valence-electron chi connectivity index (χ1n) is 7.01. The van der Waals surface area contributed by atoms with Crippen molar-refractivity contribution >= 4 is 11.7 Å². The van der Waals surface area contributed by atoms with E-state index in [2.05, 4.69) is 15.6 Å². The Balaban J connectivity index is 2.10. The molecule has 0 aliphatic rings. The maximum absolute atomic E-state index is 13.0. The number of hydrogen-bond donors (Lipinski definition) is 2. The largest absolute Gasteiger partial charge is 0.418 e. The number of urea groups is 1. The molecule has 0 unspecified atom stereocenters. The van der Waals surface area contributed by atoms with E-state index in [4.69, 9.17) is 0 Å². The number of aryl methyl sites for hydroxylation is 2. The number of nitrogens with one attached hydrogen (secondary N) is 2. The molecule has 0 fully saturated rings. The minimum Gasteiger partial charge on any atom is -0.334 e. The average molecular weight is 341 g/mol. The topological polar surface area (TPSA) is 54.0 Å². The number of aromatic nitrogens is 1. The predicted octanol–water partition coefficient (Wildman–Crippen LogP) is 4.18. The number of para-hydroxylation sites is 1. The van der Waals surface area contributed by atoms with Crippen molar-refractivity contribution in [2.75, 3.05) is 5.32 Å². The van der Waals surface area contributed by atoms with Gasteiger partial charge in [0.1, 0.15) is 0 Å². The zero-order chi connectivity index (χ0) is 17.9. The number of alkyl halides is 3. The van der Waals surface area contributed by atoms with Crippen LogP contribution in [0.15, 0.2) is 30.5 Å². The van der Waals surface area contributed by atoms with Crippen molar-refractivity contribution in [3.63, 3.8) is 0 Å². The van der Waals surface area contributed by atoms with Gasteiger partial charge in [-0.25, -0.2) is 9.78 Å². The van der Waals surface area contributed by atoms with Crippen LogP contribution in [0, 0.1) is 19.8 Å². The van der Waals surface area contributed by atoms with E-state index in [1.807, 2.05) is 0 Å². The maximum Gasteiger partial charge on any atom is 0.418 e. The fraction of sp³-hybridized carbons (Fsp3) is 0.250. The third-order valence-electron chi connectivity index (χ3n) is 3.44. The zero-order valence-corrected chi connectivity index (χ0v) is 13.0. The summed E-state index contributed by atoms with van der Waals surface area (Å²) in [5.74, 6) is -0.643. The van der Waals surface area contributed by atoms with Crippen LogP contribution in [0.1, 0.15) is 22.3 Å². The molecule has 128 valence electrons. The minimum absolute atomic E-state index is 0.0121. The van der Waals surface area contributed by atoms with Crippen molar-refractivity contribution in [2.45, 2.75) is 26.6 Å². The molecule has 0 saturated carbocycles. The zero-order valence-electron chi connectivity index (χ0n) is 13.0. The lowest BCUT2D eigenvalue weighted by Crippen LogP contribution is -2.30. The molecule has 2 aromatic rings. The van der Waals surface area contributed by atoms with Crippen LogP contribution in [0.5, 0.6) is 0 Å². The molecule has 8 heteroatoms. The van der Waals surface area contributed by atoms with E-state index in [0.717, 1.165) is 6.07 Å². The van der Waals surface area contributed by atoms with Crippen molar-refractivity contribution in [1.82, 2.24) is 10.3 Å². The van der Waals surface area contributed by atoms with Crippen LogP contribution in [0.3, 0.4) is 0 Å². The van der Waals surface area contributed by atoms with E-state index < -0.39 is 23.7 Å². The molecule has 2 rings (SSSR count). The van der Waals surface area contributed by atoms with Crippen molar-refractivity contribution in [3.05, 3.63) is 58.7 Å². The number of amides is 2. The Morgan fingerprint density at radius 3 is 2.54 bits per heavy atom. The Hall–Kier alpha value is -2.64. The summed E-state index contributed by atoms with van der Waals surface area (Å²) >= 11 is 0. The van der Waals surface area contributed by atoms with E-state index in [1.54, 1.807) is 6.92 Å². The number of carbonyl (C=O) groups excluding carboxylic acids is 1. The molecule has 1 heterocycles. The normalized spacial score (nSPS) is 11.2. The van der Waals surface area contributed by atoms with Crippen molar-refractivity contribution in [2.24, 2.45) is 0 Å². The molecule has 4 nitrogen and oxygen atoms in total. The van der Waals surface area contributed by atoms with E-state index in [9.17, 15) is 22.4 Å². The molecule has 0 bridgehead atoms. The van der Waals surface area contributed by atoms with Gasteiger partial charge in [0.2, 0.25) is 5.95 Å². The number of pyridine rings is 1. The van der Waals surface area contributed by atoms with Crippen molar-refractivity contribution < 1.29 is 22.4 Å². The summed E-state index contributed by atoms with van der Waals surface area (Å²) in [6.45, 7) is 3.12. The number of halogens is 4. The van der Waals surface area contributed by atoms with Gasteiger partial charge in [-0.2, -0.15) is 17.6 Å². The molecular formula is C16H15F4N3O. The SMILES string of the molecule is Cc1cc(F)ncc1CNC(=O)Nc1c(C)cccc1C(F)(F)F. The highest BCUT2D eigenvalue weighted by Gasteiger charge is 2.34. The number of anilines is 1. The first-order valence-corrected chi connectivity index (χ1v) is 7.01. The average Bonchev–Trinajstić information content (AvgIpc) is 2.47. The Kier molecular flexibility index (Phi) is 5.06. The molecule has 0 radical (unpaired) electrons. The summed E-state index contributed by atoms with van der Waals surface area (Å²) in [5, 5.41) is 4.66. The van der Waals surface area contributed by atoms with Gasteiger partial charge in [0.25, 0.3) is 0 Å². The fourth-order valence-corrected chi connectivity index (χ4v) is 2.14. The number of hydrogen-bond acceptors (Lipinski definition) is 2. The summed E-state index contributed by atoms with van der Waals surface area (Å²) in [7, 11) is 0. The molecule has 0 aliphatic heterocycles. The molecule has 0 saturated heterocycles. The van der Waals surface area contributed by atoms with Crippen molar-refractivity contribution in [1.29, 1.82) is 0 Å². The lowest BCUT2D eigenvalue weighted by Gasteiger charge is -2.16. The van der Waals surface area contributed by atoms with Crippen LogP contribution in [0.25, 0.3) is 0 Å². The van der Waals surface area contributed by atoms with Crippen LogP contribution >= 0.6 is 0 Å². The molecule has 1 aromatic heterocycles. The van der Waals surface area contributed by atoms with E-state index in [1.165, 1.54) is 31.3 Å². The fourth-order valence-electron chi connectivity index (χ4n) is 2.14. The molecule has 0 atom stereocenters. The second-order valence-electron chi connectivity index (χ2n) is 5.24. The van der Waals surface area contributed by atoms with Gasteiger partial charge in [-0.3, -0.25) is 0 Å². The van der Waals surface area contributed by atoms with Crippen LogP contribution in [-0.4, -0.2) is 11.0 Å². The second kappa shape index (κ2) is 6.86. The van der Waals surface area contributed by atoms with Crippen LogP contribution < -0.4 is 10.6 Å². The number of nitrogens with zero attached hydrogens (tertiary/aromatic N) is 1. The van der Waals surface area contributed by atoms with Crippen molar-refractivity contribution in [3.8, 4) is 0 Å². The van der Waals surface area contributed by atoms with Crippen LogP contribution in [0.2, 0.25) is 0 Å². The first kappa shape index (κ1) is 17.7. The third kappa shape index (κ3) is 4.21. The van der Waals surface area contributed by atoms with E-state index >= 15 is 0 Å². The smallest absolute Gasteiger partial charge is 0.334 e. The van der Waals surface area contributed by atoms with Gasteiger partial charge >= 0.3 is 12.2 Å². The molecule has 0 spiro atoms. The Bertz CT molecular complexity index is 759. The summed E-state index contributed by atoms with van der Waals surface area (Å²) < 4.78 is 51.9. The maximum atomic E-state index is 13.0. The van der Waals surface area contributed by atoms with Gasteiger partial charge in [-0.15, -0.1) is 0 Å². The van der Waals surface area contributed by atoms with Gasteiger partial charge in [-0.1, -0.05) is 12.1 Å². The van der Waals surface area contributed by atoms with Gasteiger partial charge in [0.15, 0.2) is 0 Å². The van der Waals surface area contributed by atoms with Gasteiger partial charge in [0, 0.05) is 12.7 Å². The highest BCUT2D eigenvalue weighted by Crippen LogP contribution is 2.36. The Morgan fingerprint density at radius 2 is 1.92 bits per heavy atom. The predicted molar refractivity (Wildman–Crippen MR) is 81.0 cm³/mol. The van der Waals surface area contributed by atoms with Gasteiger partial charge in [0.05, 0.1) is 11.3 Å². The second-order valence-corrected chi connectivity index (χ2v) is 5.24.